The lowest BCUT2D eigenvalue weighted by molar-refractivity contribution is 0.464. The molecule has 0 saturated heterocycles. The third-order valence-corrected chi connectivity index (χ3v) is 4.75. The lowest BCUT2D eigenvalue weighted by Gasteiger charge is -2.20. The van der Waals surface area contributed by atoms with Crippen molar-refractivity contribution in [3.8, 4) is 11.3 Å². The van der Waals surface area contributed by atoms with Gasteiger partial charge in [0, 0.05) is 39.5 Å². The predicted octanol–water partition coefficient (Wildman–Crippen LogP) is 3.59. The smallest absolute Gasteiger partial charge is 0.193 e. The molecule has 0 aliphatic heterocycles. The number of guanidine groups is 1. The molecule has 2 N–H and O–H groups in total. The Hall–Kier alpha value is -2.88. The maximum atomic E-state index is 4.63. The maximum Gasteiger partial charge on any atom is 0.193 e. The lowest BCUT2D eigenvalue weighted by Crippen LogP contribution is -2.39. The minimum atomic E-state index is 0. The molecule has 0 fully saturated rings. The summed E-state index contributed by atoms with van der Waals surface area (Å²) < 4.78 is 2.04. The molecular formula is C22H26IN7. The molecule has 0 aliphatic rings. The van der Waals surface area contributed by atoms with Gasteiger partial charge in [-0.3, -0.25) is 4.99 Å². The molecule has 156 valence electrons. The molecule has 7 nitrogen and oxygen atoms in total. The third-order valence-electron chi connectivity index (χ3n) is 4.75. The van der Waals surface area contributed by atoms with Crippen molar-refractivity contribution in [2.45, 2.75) is 13.0 Å². The second-order valence-electron chi connectivity index (χ2n) is 6.89. The number of imidazole rings is 2. The molecule has 8 heteroatoms. The van der Waals surface area contributed by atoms with Crippen LogP contribution in [-0.4, -0.2) is 50.9 Å². The van der Waals surface area contributed by atoms with Gasteiger partial charge in [-0.05, 0) is 17.7 Å². The molecule has 0 radical (unpaired) electrons. The van der Waals surface area contributed by atoms with E-state index in [4.69, 9.17) is 0 Å². The number of nitrogens with zero attached hydrogens (tertiary/aromatic N) is 5. The quantitative estimate of drug-likeness (QED) is 0.234. The summed E-state index contributed by atoms with van der Waals surface area (Å²) in [5.41, 5.74) is 4.17. The number of aromatic nitrogens is 4. The van der Waals surface area contributed by atoms with Crippen LogP contribution in [0.5, 0.6) is 0 Å². The minimum Gasteiger partial charge on any atom is -0.356 e. The fraction of sp³-hybridized carbons (Fsp3) is 0.227. The van der Waals surface area contributed by atoms with E-state index in [2.05, 4.69) is 48.5 Å². The van der Waals surface area contributed by atoms with E-state index < -0.39 is 0 Å². The second-order valence-corrected chi connectivity index (χ2v) is 6.89. The van der Waals surface area contributed by atoms with Crippen molar-refractivity contribution in [3.63, 3.8) is 0 Å². The van der Waals surface area contributed by atoms with Gasteiger partial charge in [0.2, 0.25) is 0 Å². The number of H-pyrrole nitrogens is 1. The Morgan fingerprint density at radius 2 is 1.97 bits per heavy atom. The molecule has 3 heterocycles. The zero-order chi connectivity index (χ0) is 20.1. The number of aromatic amines is 1. The van der Waals surface area contributed by atoms with Gasteiger partial charge in [0.15, 0.2) is 5.96 Å². The Kier molecular flexibility index (Phi) is 7.45. The van der Waals surface area contributed by atoms with Crippen molar-refractivity contribution < 1.29 is 0 Å². The molecule has 3 aromatic heterocycles. The van der Waals surface area contributed by atoms with Crippen LogP contribution in [0.25, 0.3) is 16.9 Å². The summed E-state index contributed by atoms with van der Waals surface area (Å²) >= 11 is 0. The molecule has 0 spiro atoms. The summed E-state index contributed by atoms with van der Waals surface area (Å²) in [5.74, 6) is 1.72. The molecule has 0 atom stereocenters. The number of pyridine rings is 1. The van der Waals surface area contributed by atoms with E-state index in [0.29, 0.717) is 6.54 Å². The van der Waals surface area contributed by atoms with E-state index in [-0.39, 0.29) is 24.0 Å². The fourth-order valence-electron chi connectivity index (χ4n) is 3.30. The second kappa shape index (κ2) is 10.2. The topological polar surface area (TPSA) is 73.6 Å². The standard InChI is InChI=1S/C22H25N7.HI/c1-23-22(24-12-11-18-15-29-13-7-6-10-21(29)26-18)28(2)16-20-25-14-19(27-20)17-8-4-3-5-9-17;/h3-10,13-15H,11-12,16H2,1-2H3,(H,23,24)(H,25,27);1H. The Labute approximate surface area is 193 Å². The summed E-state index contributed by atoms with van der Waals surface area (Å²) in [6.45, 7) is 1.40. The highest BCUT2D eigenvalue weighted by Crippen LogP contribution is 2.16. The van der Waals surface area contributed by atoms with Crippen LogP contribution < -0.4 is 5.32 Å². The normalized spacial score (nSPS) is 11.3. The Morgan fingerprint density at radius 1 is 1.17 bits per heavy atom. The van der Waals surface area contributed by atoms with Crippen molar-refractivity contribution in [3.05, 3.63) is 78.6 Å². The number of aliphatic imine (C=N–C) groups is 1. The van der Waals surface area contributed by atoms with E-state index in [1.54, 1.807) is 7.05 Å². The van der Waals surface area contributed by atoms with Crippen LogP contribution >= 0.6 is 24.0 Å². The molecule has 1 aromatic carbocycles. The number of halogens is 1. The van der Waals surface area contributed by atoms with Crippen molar-refractivity contribution in [2.24, 2.45) is 4.99 Å². The van der Waals surface area contributed by atoms with Crippen LogP contribution in [0.1, 0.15) is 11.5 Å². The number of nitrogens with one attached hydrogen (secondary N) is 2. The first-order valence-electron chi connectivity index (χ1n) is 9.66. The van der Waals surface area contributed by atoms with Gasteiger partial charge in [-0.15, -0.1) is 24.0 Å². The molecular weight excluding hydrogens is 489 g/mol. The molecule has 30 heavy (non-hydrogen) atoms. The molecule has 4 rings (SSSR count). The first-order valence-corrected chi connectivity index (χ1v) is 9.66. The van der Waals surface area contributed by atoms with Gasteiger partial charge in [0.25, 0.3) is 0 Å². The van der Waals surface area contributed by atoms with Crippen LogP contribution in [0, 0.1) is 0 Å². The molecule has 0 aliphatic carbocycles. The van der Waals surface area contributed by atoms with Crippen molar-refractivity contribution in [2.75, 3.05) is 20.6 Å². The molecule has 0 bridgehead atoms. The molecule has 0 amide bonds. The average molecular weight is 515 g/mol. The molecule has 0 unspecified atom stereocenters. The van der Waals surface area contributed by atoms with Gasteiger partial charge in [0.1, 0.15) is 11.5 Å². The number of fused-ring (bicyclic) bond motifs is 1. The van der Waals surface area contributed by atoms with Crippen LogP contribution in [-0.2, 0) is 13.0 Å². The van der Waals surface area contributed by atoms with Crippen LogP contribution in [0.3, 0.4) is 0 Å². The fourth-order valence-corrected chi connectivity index (χ4v) is 3.30. The number of benzene rings is 1. The highest BCUT2D eigenvalue weighted by Gasteiger charge is 2.10. The van der Waals surface area contributed by atoms with Gasteiger partial charge in [-0.2, -0.15) is 0 Å². The maximum absolute atomic E-state index is 4.63. The van der Waals surface area contributed by atoms with Gasteiger partial charge in [-0.1, -0.05) is 36.4 Å². The first-order chi connectivity index (χ1) is 14.2. The Morgan fingerprint density at radius 3 is 2.73 bits per heavy atom. The summed E-state index contributed by atoms with van der Waals surface area (Å²) in [6.07, 6.45) is 6.78. The monoisotopic (exact) mass is 515 g/mol. The summed E-state index contributed by atoms with van der Waals surface area (Å²) in [5, 5.41) is 3.41. The van der Waals surface area contributed by atoms with E-state index in [9.17, 15) is 0 Å². The van der Waals surface area contributed by atoms with E-state index in [1.807, 2.05) is 60.2 Å². The largest absolute Gasteiger partial charge is 0.356 e. The minimum absolute atomic E-state index is 0. The molecule has 4 aromatic rings. The Bertz CT molecular complexity index is 1070. The van der Waals surface area contributed by atoms with Gasteiger partial charge >= 0.3 is 0 Å². The van der Waals surface area contributed by atoms with E-state index in [0.717, 1.165) is 47.3 Å². The van der Waals surface area contributed by atoms with Crippen molar-refractivity contribution in [1.82, 2.24) is 29.6 Å². The zero-order valence-corrected chi connectivity index (χ0v) is 19.4. The highest BCUT2D eigenvalue weighted by atomic mass is 127. The third kappa shape index (κ3) is 5.18. The summed E-state index contributed by atoms with van der Waals surface area (Å²) in [7, 11) is 3.80. The van der Waals surface area contributed by atoms with Crippen molar-refractivity contribution >= 4 is 35.6 Å². The summed E-state index contributed by atoms with van der Waals surface area (Å²) in [4.78, 5) is 19.0. The Balaban J connectivity index is 0.00000256. The van der Waals surface area contributed by atoms with Crippen LogP contribution in [0.4, 0.5) is 0 Å². The van der Waals surface area contributed by atoms with E-state index in [1.165, 1.54) is 0 Å². The van der Waals surface area contributed by atoms with Crippen molar-refractivity contribution in [1.29, 1.82) is 0 Å². The van der Waals surface area contributed by atoms with Gasteiger partial charge in [0.05, 0.1) is 24.1 Å². The predicted molar refractivity (Wildman–Crippen MR) is 131 cm³/mol. The lowest BCUT2D eigenvalue weighted by atomic mass is 10.2. The summed E-state index contributed by atoms with van der Waals surface area (Å²) in [6, 6.07) is 16.2. The number of hydrogen-bond acceptors (Lipinski definition) is 3. The van der Waals surface area contributed by atoms with Crippen LogP contribution in [0.15, 0.2) is 72.1 Å². The number of hydrogen-bond donors (Lipinski definition) is 2. The zero-order valence-electron chi connectivity index (χ0n) is 17.1. The van der Waals surface area contributed by atoms with Crippen LogP contribution in [0.2, 0.25) is 0 Å². The number of rotatable bonds is 6. The van der Waals surface area contributed by atoms with Gasteiger partial charge < -0.3 is 19.6 Å². The van der Waals surface area contributed by atoms with Gasteiger partial charge in [-0.25, -0.2) is 9.97 Å². The van der Waals surface area contributed by atoms with E-state index >= 15 is 0 Å². The average Bonchev–Trinajstić information content (AvgIpc) is 3.38. The SMILES string of the molecule is CN=C(NCCc1cn2ccccc2n1)N(C)Cc1ncc(-c2ccccc2)[nH]1.I. The molecule has 0 saturated carbocycles. The highest BCUT2D eigenvalue weighted by molar-refractivity contribution is 14.0. The first kappa shape index (κ1) is 21.8.